The summed E-state index contributed by atoms with van der Waals surface area (Å²) < 4.78 is 62.3. The van der Waals surface area contributed by atoms with Gasteiger partial charge in [0.1, 0.15) is 12.2 Å². The molecule has 5 atom stereocenters. The van der Waals surface area contributed by atoms with Crippen molar-refractivity contribution in [1.29, 1.82) is 0 Å². The highest BCUT2D eigenvalue weighted by molar-refractivity contribution is 7.48. The van der Waals surface area contributed by atoms with Gasteiger partial charge in [0.25, 0.3) is 12.0 Å². The minimum atomic E-state index is -4.22. The zero-order chi connectivity index (χ0) is 21.1. The number of hydrogen-bond donors (Lipinski definition) is 3. The highest BCUT2D eigenvalue weighted by Crippen LogP contribution is 2.61. The lowest BCUT2D eigenvalue weighted by Gasteiger charge is -2.39. The monoisotopic (exact) mass is 437 g/mol. The fraction of sp³-hybridized carbons (Fsp3) is 0.643. The van der Waals surface area contributed by atoms with Crippen molar-refractivity contribution < 1.29 is 36.8 Å². The van der Waals surface area contributed by atoms with Gasteiger partial charge < -0.3 is 15.6 Å². The van der Waals surface area contributed by atoms with Crippen LogP contribution in [-0.2, 0) is 22.9 Å². The van der Waals surface area contributed by atoms with Crippen LogP contribution < -0.4 is 11.3 Å². The molecule has 2 aliphatic rings. The number of anilines is 1. The number of H-pyrrole nitrogens is 1. The maximum Gasteiger partial charge on any atom is 0.475 e. The van der Waals surface area contributed by atoms with Gasteiger partial charge in [0.05, 0.1) is 19.0 Å². The van der Waals surface area contributed by atoms with E-state index >= 15 is 0 Å². The Hall–Kier alpha value is -1.96. The molecule has 2 aromatic heterocycles. The molecule has 0 radical (unpaired) electrons. The number of aromatic nitrogens is 4. The summed E-state index contributed by atoms with van der Waals surface area (Å²) in [6, 6.07) is 0. The second-order valence-corrected chi connectivity index (χ2v) is 8.50. The molecule has 0 spiro atoms. The molecule has 4 heterocycles. The third-order valence-corrected chi connectivity index (χ3v) is 6.16. The van der Waals surface area contributed by atoms with E-state index in [1.54, 1.807) is 13.8 Å². The number of hydrogen-bond acceptors (Lipinski definition) is 10. The second kappa shape index (κ2) is 6.79. The average Bonchev–Trinajstić information content (AvgIpc) is 3.14. The fourth-order valence-electron chi connectivity index (χ4n) is 3.32. The largest absolute Gasteiger partial charge is 0.475 e. The summed E-state index contributed by atoms with van der Waals surface area (Å²) in [6.07, 6.45) is -7.66. The predicted molar refractivity (Wildman–Crippen MR) is 92.1 cm³/mol. The third kappa shape index (κ3) is 3.16. The molecule has 2 saturated heterocycles. The Morgan fingerprint density at radius 2 is 2.24 bits per heavy atom. The van der Waals surface area contributed by atoms with E-state index in [1.165, 1.54) is 0 Å². The number of aliphatic hydroxyl groups is 1. The molecule has 0 amide bonds. The Morgan fingerprint density at radius 3 is 2.90 bits per heavy atom. The molecule has 2 aromatic rings. The van der Waals surface area contributed by atoms with Crippen LogP contribution >= 0.6 is 7.82 Å². The Bertz CT molecular complexity index is 1050. The van der Waals surface area contributed by atoms with E-state index in [0.717, 1.165) is 10.9 Å². The number of aliphatic hydroxyl groups excluding tert-OH is 1. The summed E-state index contributed by atoms with van der Waals surface area (Å²) in [5, 5.41) is 10.7. The highest BCUT2D eigenvalue weighted by Gasteiger charge is 2.67. The van der Waals surface area contributed by atoms with Crippen molar-refractivity contribution >= 4 is 24.9 Å². The minimum absolute atomic E-state index is 0.0964. The molecule has 0 bridgehead atoms. The standard InChI is InChI=1S/C14H18F2N5O7P/c1-5(2)27-29(24)25-3-14(12(15)16)8(28-29)7(22)11(26-14)21-4-18-6-9(21)19-13(17)20-10(6)23/h4-5,7-8,11-12,22H,3H2,1-2H3,(H3,17,19,20,23)/t7-,8+,11+,14+,29?/m0/s1. The van der Waals surface area contributed by atoms with Crippen molar-refractivity contribution in [2.24, 2.45) is 0 Å². The Labute approximate surface area is 161 Å². The second-order valence-electron chi connectivity index (χ2n) is 6.93. The van der Waals surface area contributed by atoms with E-state index in [0.29, 0.717) is 0 Å². The van der Waals surface area contributed by atoms with Gasteiger partial charge in [-0.25, -0.2) is 18.3 Å². The first kappa shape index (κ1) is 20.3. The van der Waals surface area contributed by atoms with Crippen LogP contribution in [0.1, 0.15) is 20.1 Å². The van der Waals surface area contributed by atoms with E-state index in [4.69, 9.17) is 24.0 Å². The third-order valence-electron chi connectivity index (χ3n) is 4.55. The van der Waals surface area contributed by atoms with Crippen molar-refractivity contribution in [3.05, 3.63) is 16.7 Å². The highest BCUT2D eigenvalue weighted by atomic mass is 31.2. The van der Waals surface area contributed by atoms with Gasteiger partial charge in [-0.05, 0) is 13.8 Å². The van der Waals surface area contributed by atoms with E-state index in [2.05, 4.69) is 15.0 Å². The zero-order valence-electron chi connectivity index (χ0n) is 15.2. The van der Waals surface area contributed by atoms with Crippen LogP contribution in [0, 0.1) is 0 Å². The average molecular weight is 437 g/mol. The summed E-state index contributed by atoms with van der Waals surface area (Å²) in [5.41, 5.74) is 2.21. The summed E-state index contributed by atoms with van der Waals surface area (Å²) >= 11 is 0. The van der Waals surface area contributed by atoms with Gasteiger partial charge in [-0.2, -0.15) is 4.98 Å². The molecule has 0 saturated carbocycles. The molecule has 2 aliphatic heterocycles. The van der Waals surface area contributed by atoms with Crippen molar-refractivity contribution in [3.63, 3.8) is 0 Å². The quantitative estimate of drug-likeness (QED) is 0.575. The molecule has 29 heavy (non-hydrogen) atoms. The smallest absolute Gasteiger partial charge is 0.386 e. The van der Waals surface area contributed by atoms with Crippen molar-refractivity contribution in [3.8, 4) is 0 Å². The number of ether oxygens (including phenoxy) is 1. The number of rotatable bonds is 4. The first-order valence-electron chi connectivity index (χ1n) is 8.54. The Morgan fingerprint density at radius 1 is 1.52 bits per heavy atom. The lowest BCUT2D eigenvalue weighted by Crippen LogP contribution is -2.56. The number of nitrogen functional groups attached to an aromatic ring is 1. The predicted octanol–water partition coefficient (Wildman–Crippen LogP) is 0.544. The van der Waals surface area contributed by atoms with Crippen LogP contribution in [-0.4, -0.2) is 61.6 Å². The molecule has 160 valence electrons. The minimum Gasteiger partial charge on any atom is -0.386 e. The Balaban J connectivity index is 1.76. The molecule has 12 nitrogen and oxygen atoms in total. The lowest BCUT2D eigenvalue weighted by atomic mass is 9.96. The van der Waals surface area contributed by atoms with Crippen LogP contribution in [0.2, 0.25) is 0 Å². The maximum absolute atomic E-state index is 14.0. The zero-order valence-corrected chi connectivity index (χ0v) is 16.1. The van der Waals surface area contributed by atoms with Gasteiger partial charge in [-0.15, -0.1) is 0 Å². The molecule has 4 N–H and O–H groups in total. The number of phosphoric acid groups is 1. The topological polar surface area (TPSA) is 164 Å². The van der Waals surface area contributed by atoms with Crippen LogP contribution in [0.25, 0.3) is 11.2 Å². The van der Waals surface area contributed by atoms with E-state index in [9.17, 15) is 23.2 Å². The van der Waals surface area contributed by atoms with Gasteiger partial charge in [0.2, 0.25) is 5.95 Å². The number of halogens is 2. The van der Waals surface area contributed by atoms with Crippen LogP contribution in [0.4, 0.5) is 14.7 Å². The van der Waals surface area contributed by atoms with Crippen LogP contribution in [0.5, 0.6) is 0 Å². The maximum atomic E-state index is 14.0. The first-order valence-corrected chi connectivity index (χ1v) is 10.00. The van der Waals surface area contributed by atoms with Gasteiger partial charge in [0, 0.05) is 0 Å². The van der Waals surface area contributed by atoms with Crippen molar-refractivity contribution in [2.45, 2.75) is 50.4 Å². The van der Waals surface area contributed by atoms with Gasteiger partial charge in [-0.3, -0.25) is 27.9 Å². The summed E-state index contributed by atoms with van der Waals surface area (Å²) in [7, 11) is -4.22. The number of aromatic amines is 1. The van der Waals surface area contributed by atoms with Gasteiger partial charge in [-0.1, -0.05) is 0 Å². The Kier molecular flexibility index (Phi) is 4.76. The van der Waals surface area contributed by atoms with Crippen molar-refractivity contribution in [2.75, 3.05) is 12.3 Å². The molecule has 1 unspecified atom stereocenters. The molecule has 0 aliphatic carbocycles. The summed E-state index contributed by atoms with van der Waals surface area (Å²) in [6.45, 7) is 2.25. The molecule has 0 aromatic carbocycles. The number of fused-ring (bicyclic) bond motifs is 2. The van der Waals surface area contributed by atoms with Crippen molar-refractivity contribution in [1.82, 2.24) is 19.5 Å². The van der Waals surface area contributed by atoms with E-state index in [1.807, 2.05) is 0 Å². The molecule has 15 heteroatoms. The number of nitrogens with zero attached hydrogens (tertiary/aromatic N) is 3. The molecular formula is C14H18F2N5O7P. The number of phosphoric ester groups is 1. The summed E-state index contributed by atoms with van der Waals surface area (Å²) in [4.78, 5) is 22.0. The van der Waals surface area contributed by atoms with Crippen LogP contribution in [0.15, 0.2) is 11.1 Å². The molecular weight excluding hydrogens is 419 g/mol. The first-order chi connectivity index (χ1) is 13.6. The fourth-order valence-corrected chi connectivity index (χ4v) is 4.95. The van der Waals surface area contributed by atoms with Gasteiger partial charge >= 0.3 is 7.82 Å². The number of nitrogens with two attached hydrogens (primary N) is 1. The summed E-state index contributed by atoms with van der Waals surface area (Å²) in [5.74, 6) is -0.243. The van der Waals surface area contributed by atoms with E-state index in [-0.39, 0.29) is 17.1 Å². The number of nitrogens with one attached hydrogen (secondary N) is 1. The SMILES string of the molecule is CC(C)OP1(=O)OC[C@@]2(C(F)F)O[C@@H](n3cnc4c(=O)[nH]c(N)nc43)[C@@H](O)[C@H]2O1. The van der Waals surface area contributed by atoms with E-state index < -0.39 is 56.6 Å². The van der Waals surface area contributed by atoms with Crippen LogP contribution in [0.3, 0.4) is 0 Å². The molecule has 2 fully saturated rings. The molecule has 4 rings (SSSR count). The van der Waals surface area contributed by atoms with Gasteiger partial charge in [0.15, 0.2) is 23.0 Å². The lowest BCUT2D eigenvalue weighted by molar-refractivity contribution is -0.208. The normalized spacial score (nSPS) is 34.9. The number of alkyl halides is 2. The number of imidazole rings is 1.